The van der Waals surface area contributed by atoms with Crippen LogP contribution in [-0.4, -0.2) is 28.0 Å². The molecule has 112 valence electrons. The lowest BCUT2D eigenvalue weighted by molar-refractivity contribution is 0.568. The van der Waals surface area contributed by atoms with Gasteiger partial charge in [0.2, 0.25) is 17.8 Å². The zero-order valence-electron chi connectivity index (χ0n) is 11.5. The van der Waals surface area contributed by atoms with Crippen LogP contribution in [0.1, 0.15) is 24.1 Å². The molecule has 3 N–H and O–H groups in total. The maximum absolute atomic E-state index is 5.81. The van der Waals surface area contributed by atoms with Crippen molar-refractivity contribution in [3.63, 3.8) is 0 Å². The molecule has 0 radical (unpaired) electrons. The fraction of sp³-hybridized carbons (Fsp3) is 0.462. The molecular weight excluding hydrogens is 352 g/mol. The predicted molar refractivity (Wildman–Crippen MR) is 89.6 cm³/mol. The Bertz CT molecular complexity index is 610. The van der Waals surface area contributed by atoms with E-state index in [4.69, 9.17) is 5.73 Å². The van der Waals surface area contributed by atoms with Crippen molar-refractivity contribution in [1.29, 1.82) is 0 Å². The fourth-order valence-corrected chi connectivity index (χ4v) is 3.73. The smallest absolute Gasteiger partial charge is 0.231 e. The molecule has 0 bridgehead atoms. The van der Waals surface area contributed by atoms with Gasteiger partial charge in [0.25, 0.3) is 0 Å². The molecule has 3 rings (SSSR count). The van der Waals surface area contributed by atoms with E-state index in [1.54, 1.807) is 11.3 Å². The van der Waals surface area contributed by atoms with E-state index in [1.807, 2.05) is 6.07 Å². The molecule has 2 aromatic rings. The van der Waals surface area contributed by atoms with Crippen molar-refractivity contribution < 1.29 is 0 Å². The molecule has 0 saturated carbocycles. The topological polar surface area (TPSA) is 80.0 Å². The number of aromatic nitrogens is 3. The minimum Gasteiger partial charge on any atom is -0.368 e. The van der Waals surface area contributed by atoms with Gasteiger partial charge in [-0.25, -0.2) is 0 Å². The van der Waals surface area contributed by atoms with Crippen LogP contribution in [0.5, 0.6) is 0 Å². The van der Waals surface area contributed by atoms with Crippen molar-refractivity contribution in [3.05, 3.63) is 20.8 Å². The molecule has 0 atom stereocenters. The van der Waals surface area contributed by atoms with Crippen LogP contribution >= 0.6 is 27.3 Å². The van der Waals surface area contributed by atoms with Crippen molar-refractivity contribution in [1.82, 2.24) is 15.0 Å². The van der Waals surface area contributed by atoms with Crippen molar-refractivity contribution in [3.8, 4) is 0 Å². The monoisotopic (exact) mass is 368 g/mol. The molecule has 0 aromatic carbocycles. The van der Waals surface area contributed by atoms with E-state index in [9.17, 15) is 0 Å². The van der Waals surface area contributed by atoms with E-state index in [0.29, 0.717) is 18.4 Å². The average Bonchev–Trinajstić information content (AvgIpc) is 2.91. The molecule has 21 heavy (non-hydrogen) atoms. The Balaban J connectivity index is 1.71. The second kappa shape index (κ2) is 6.57. The van der Waals surface area contributed by atoms with Gasteiger partial charge >= 0.3 is 0 Å². The van der Waals surface area contributed by atoms with Crippen molar-refractivity contribution in [2.45, 2.75) is 25.8 Å². The lowest BCUT2D eigenvalue weighted by Gasteiger charge is -2.26. The molecule has 0 unspecified atom stereocenters. The van der Waals surface area contributed by atoms with Crippen LogP contribution < -0.4 is 16.0 Å². The standard InChI is InChI=1S/C13H17BrN6S/c14-10-5-4-9(21-10)8-16-12-17-11(15)18-13(19-12)20-6-2-1-3-7-20/h4-5H,1-3,6-8H2,(H3,15,16,17,18,19). The minimum absolute atomic E-state index is 0.264. The maximum Gasteiger partial charge on any atom is 0.231 e. The third-order valence-corrected chi connectivity index (χ3v) is 4.95. The number of hydrogen-bond donors (Lipinski definition) is 2. The molecule has 1 fully saturated rings. The molecule has 3 heterocycles. The third-order valence-electron chi connectivity index (χ3n) is 3.33. The van der Waals surface area contributed by atoms with Gasteiger partial charge in [-0.2, -0.15) is 15.0 Å². The van der Waals surface area contributed by atoms with Crippen LogP contribution in [0.15, 0.2) is 15.9 Å². The zero-order chi connectivity index (χ0) is 14.7. The molecule has 1 aliphatic heterocycles. The molecule has 1 saturated heterocycles. The van der Waals surface area contributed by atoms with Gasteiger partial charge in [-0.1, -0.05) is 0 Å². The van der Waals surface area contributed by atoms with E-state index < -0.39 is 0 Å². The Morgan fingerprint density at radius 3 is 2.71 bits per heavy atom. The summed E-state index contributed by atoms with van der Waals surface area (Å²) in [5, 5.41) is 3.22. The summed E-state index contributed by atoms with van der Waals surface area (Å²) in [5.41, 5.74) is 5.81. The first kappa shape index (κ1) is 14.5. The number of nitrogens with two attached hydrogens (primary N) is 1. The van der Waals surface area contributed by atoms with Gasteiger partial charge in [0.1, 0.15) is 0 Å². The first-order chi connectivity index (χ1) is 10.2. The normalized spacial score (nSPS) is 15.2. The summed E-state index contributed by atoms with van der Waals surface area (Å²) in [7, 11) is 0. The summed E-state index contributed by atoms with van der Waals surface area (Å²) in [6, 6.07) is 4.10. The Morgan fingerprint density at radius 1 is 1.19 bits per heavy atom. The highest BCUT2D eigenvalue weighted by Crippen LogP contribution is 2.23. The highest BCUT2D eigenvalue weighted by atomic mass is 79.9. The lowest BCUT2D eigenvalue weighted by atomic mass is 10.1. The minimum atomic E-state index is 0.264. The maximum atomic E-state index is 5.81. The van der Waals surface area contributed by atoms with E-state index >= 15 is 0 Å². The Kier molecular flexibility index (Phi) is 4.54. The summed E-state index contributed by atoms with van der Waals surface area (Å²) >= 11 is 5.14. The number of thiophene rings is 1. The van der Waals surface area contributed by atoms with Crippen LogP contribution in [0.3, 0.4) is 0 Å². The summed E-state index contributed by atoms with van der Waals surface area (Å²) in [4.78, 5) is 16.3. The first-order valence-corrected chi connectivity index (χ1v) is 8.56. The van der Waals surface area contributed by atoms with E-state index in [1.165, 1.54) is 24.1 Å². The van der Waals surface area contributed by atoms with Gasteiger partial charge in [0, 0.05) is 18.0 Å². The number of nitrogens with zero attached hydrogens (tertiary/aromatic N) is 4. The highest BCUT2D eigenvalue weighted by molar-refractivity contribution is 9.11. The van der Waals surface area contributed by atoms with Crippen LogP contribution in [0.2, 0.25) is 0 Å². The Labute approximate surface area is 135 Å². The van der Waals surface area contributed by atoms with Gasteiger partial charge in [-0.15, -0.1) is 11.3 Å². The molecule has 2 aromatic heterocycles. The number of hydrogen-bond acceptors (Lipinski definition) is 7. The van der Waals surface area contributed by atoms with Crippen molar-refractivity contribution >= 4 is 45.1 Å². The summed E-state index contributed by atoms with van der Waals surface area (Å²) in [5.74, 6) is 1.48. The summed E-state index contributed by atoms with van der Waals surface area (Å²) in [6.07, 6.45) is 3.63. The number of rotatable bonds is 4. The highest BCUT2D eigenvalue weighted by Gasteiger charge is 2.15. The van der Waals surface area contributed by atoms with Crippen LogP contribution in [0.4, 0.5) is 17.8 Å². The molecule has 1 aliphatic rings. The van der Waals surface area contributed by atoms with Crippen LogP contribution in [-0.2, 0) is 6.54 Å². The third kappa shape index (κ3) is 3.82. The molecule has 6 nitrogen and oxygen atoms in total. The molecule has 0 amide bonds. The van der Waals surface area contributed by atoms with Gasteiger partial charge in [0.15, 0.2) is 0 Å². The second-order valence-corrected chi connectivity index (χ2v) is 7.47. The van der Waals surface area contributed by atoms with Crippen molar-refractivity contribution in [2.24, 2.45) is 0 Å². The summed E-state index contributed by atoms with van der Waals surface area (Å²) in [6.45, 7) is 2.65. The molecular formula is C13H17BrN6S. The molecule has 0 aliphatic carbocycles. The number of halogens is 1. The quantitative estimate of drug-likeness (QED) is 0.863. The number of nitrogen functional groups attached to an aromatic ring is 1. The largest absolute Gasteiger partial charge is 0.368 e. The van der Waals surface area contributed by atoms with Crippen LogP contribution in [0, 0.1) is 0 Å². The van der Waals surface area contributed by atoms with E-state index in [2.05, 4.69) is 47.2 Å². The van der Waals surface area contributed by atoms with Crippen molar-refractivity contribution in [2.75, 3.05) is 29.0 Å². The Hall–Kier alpha value is -1.41. The number of anilines is 3. The molecule has 0 spiro atoms. The van der Waals surface area contributed by atoms with Gasteiger partial charge < -0.3 is 16.0 Å². The number of nitrogens with one attached hydrogen (secondary N) is 1. The zero-order valence-corrected chi connectivity index (χ0v) is 14.0. The van der Waals surface area contributed by atoms with E-state index in [0.717, 1.165) is 16.9 Å². The van der Waals surface area contributed by atoms with Gasteiger partial charge in [-0.05, 0) is 47.3 Å². The van der Waals surface area contributed by atoms with Crippen LogP contribution in [0.25, 0.3) is 0 Å². The first-order valence-electron chi connectivity index (χ1n) is 6.95. The van der Waals surface area contributed by atoms with Gasteiger partial charge in [0.05, 0.1) is 10.3 Å². The van der Waals surface area contributed by atoms with E-state index in [-0.39, 0.29) is 5.95 Å². The molecule has 8 heteroatoms. The fourth-order valence-electron chi connectivity index (χ4n) is 2.31. The second-order valence-electron chi connectivity index (χ2n) is 4.92. The Morgan fingerprint density at radius 2 is 2.00 bits per heavy atom. The van der Waals surface area contributed by atoms with Gasteiger partial charge in [-0.3, -0.25) is 0 Å². The predicted octanol–water partition coefficient (Wildman–Crippen LogP) is 2.88. The average molecular weight is 369 g/mol. The lowest BCUT2D eigenvalue weighted by Crippen LogP contribution is -2.31. The SMILES string of the molecule is Nc1nc(NCc2ccc(Br)s2)nc(N2CCCCC2)n1. The number of piperidine rings is 1. The summed E-state index contributed by atoms with van der Waals surface area (Å²) < 4.78 is 1.11.